The number of hydrogen-bond donors (Lipinski definition) is 0. The van der Waals surface area contributed by atoms with E-state index in [1.807, 2.05) is 0 Å². The molecule has 0 saturated heterocycles. The SMILES string of the molecule is C=C(C)C1=C(C)C(=NSCCCC)CC(C)=C1/C=C/C. The van der Waals surface area contributed by atoms with Crippen molar-refractivity contribution in [2.75, 3.05) is 5.75 Å². The summed E-state index contributed by atoms with van der Waals surface area (Å²) in [5.74, 6) is 1.11. The number of nitrogens with zero attached hydrogens (tertiary/aromatic N) is 1. The van der Waals surface area contributed by atoms with Gasteiger partial charge in [-0.15, -0.1) is 0 Å². The zero-order valence-electron chi connectivity index (χ0n) is 13.5. The van der Waals surface area contributed by atoms with Crippen LogP contribution in [0.5, 0.6) is 0 Å². The Morgan fingerprint density at radius 3 is 2.65 bits per heavy atom. The highest BCUT2D eigenvalue weighted by Crippen LogP contribution is 2.34. The molecule has 0 atom stereocenters. The molecule has 0 radical (unpaired) electrons. The first-order valence-corrected chi connectivity index (χ1v) is 8.35. The van der Waals surface area contributed by atoms with Crippen molar-refractivity contribution in [2.24, 2.45) is 4.40 Å². The molecule has 0 fully saturated rings. The molecule has 0 unspecified atom stereocenters. The summed E-state index contributed by atoms with van der Waals surface area (Å²) in [5, 5.41) is 0. The van der Waals surface area contributed by atoms with Gasteiger partial charge in [0.2, 0.25) is 0 Å². The normalized spacial score (nSPS) is 18.6. The molecule has 0 amide bonds. The van der Waals surface area contributed by atoms with Crippen molar-refractivity contribution in [1.82, 2.24) is 0 Å². The van der Waals surface area contributed by atoms with Gasteiger partial charge < -0.3 is 0 Å². The molecule has 0 saturated carbocycles. The van der Waals surface area contributed by atoms with E-state index in [1.165, 1.54) is 40.8 Å². The predicted octanol–water partition coefficient (Wildman–Crippen LogP) is 6.06. The molecule has 20 heavy (non-hydrogen) atoms. The molecule has 0 aromatic carbocycles. The van der Waals surface area contributed by atoms with E-state index in [0.717, 1.165) is 17.7 Å². The van der Waals surface area contributed by atoms with Crippen LogP contribution >= 0.6 is 11.9 Å². The van der Waals surface area contributed by atoms with Gasteiger partial charge in [-0.05, 0) is 62.8 Å². The maximum absolute atomic E-state index is 4.76. The van der Waals surface area contributed by atoms with Crippen LogP contribution in [0.15, 0.2) is 51.0 Å². The maximum Gasteiger partial charge on any atom is 0.0562 e. The van der Waals surface area contributed by atoms with E-state index in [1.54, 1.807) is 11.9 Å². The van der Waals surface area contributed by atoms with Crippen molar-refractivity contribution >= 4 is 17.7 Å². The Labute approximate surface area is 128 Å². The summed E-state index contributed by atoms with van der Waals surface area (Å²) < 4.78 is 4.76. The molecule has 110 valence electrons. The third kappa shape index (κ3) is 4.24. The van der Waals surface area contributed by atoms with Crippen LogP contribution in [-0.2, 0) is 0 Å². The Hall–Kier alpha value is -1.02. The highest BCUT2D eigenvalue weighted by Gasteiger charge is 2.20. The second-order valence-electron chi connectivity index (χ2n) is 5.38. The molecule has 0 N–H and O–H groups in total. The molecule has 2 heteroatoms. The minimum atomic E-state index is 0.960. The first kappa shape index (κ1) is 17.0. The standard InChI is InChI=1S/C18H27NS/c1-7-9-11-20-19-17-12-14(5)16(10-8-2)18(13(3)4)15(17)6/h8,10H,3,7,9,11-12H2,1-2,4-6H3/b10-8+,19-17?. The van der Waals surface area contributed by atoms with Gasteiger partial charge in [0.05, 0.1) is 5.71 Å². The molecule has 0 aliphatic heterocycles. The van der Waals surface area contributed by atoms with Crippen LogP contribution in [0.3, 0.4) is 0 Å². The van der Waals surface area contributed by atoms with Crippen LogP contribution in [0.2, 0.25) is 0 Å². The van der Waals surface area contributed by atoms with Gasteiger partial charge in [-0.2, -0.15) is 0 Å². The lowest BCUT2D eigenvalue weighted by molar-refractivity contribution is 0.896. The zero-order chi connectivity index (χ0) is 15.1. The van der Waals surface area contributed by atoms with E-state index in [0.29, 0.717) is 0 Å². The minimum Gasteiger partial charge on any atom is -0.221 e. The minimum absolute atomic E-state index is 0.960. The summed E-state index contributed by atoms with van der Waals surface area (Å²) in [6.45, 7) is 14.9. The number of rotatable bonds is 6. The first-order chi connectivity index (χ1) is 9.52. The second kappa shape index (κ2) is 8.31. The lowest BCUT2D eigenvalue weighted by Gasteiger charge is -2.23. The summed E-state index contributed by atoms with van der Waals surface area (Å²) >= 11 is 1.70. The predicted molar refractivity (Wildman–Crippen MR) is 94.4 cm³/mol. The van der Waals surface area contributed by atoms with Crippen LogP contribution in [0, 0.1) is 0 Å². The van der Waals surface area contributed by atoms with Crippen LogP contribution in [0.25, 0.3) is 0 Å². The fourth-order valence-corrected chi connectivity index (χ4v) is 3.28. The second-order valence-corrected chi connectivity index (χ2v) is 6.22. The fourth-order valence-electron chi connectivity index (χ4n) is 2.41. The van der Waals surface area contributed by atoms with Crippen LogP contribution in [0.1, 0.15) is 53.9 Å². The summed E-state index contributed by atoms with van der Waals surface area (Å²) in [7, 11) is 0. The molecule has 1 rings (SSSR count). The van der Waals surface area contributed by atoms with Gasteiger partial charge in [0, 0.05) is 12.2 Å². The molecule has 0 spiro atoms. The summed E-state index contributed by atoms with van der Waals surface area (Å²) in [4.78, 5) is 0. The number of hydrogen-bond acceptors (Lipinski definition) is 2. The van der Waals surface area contributed by atoms with E-state index in [-0.39, 0.29) is 0 Å². The Bertz CT molecular complexity index is 490. The Morgan fingerprint density at radius 2 is 2.10 bits per heavy atom. The molecule has 0 heterocycles. The van der Waals surface area contributed by atoms with Crippen molar-refractivity contribution in [1.29, 1.82) is 0 Å². The topological polar surface area (TPSA) is 12.4 Å². The molecular weight excluding hydrogens is 262 g/mol. The van der Waals surface area contributed by atoms with Gasteiger partial charge >= 0.3 is 0 Å². The van der Waals surface area contributed by atoms with Crippen molar-refractivity contribution in [3.05, 3.63) is 46.6 Å². The summed E-state index contributed by atoms with van der Waals surface area (Å²) in [6.07, 6.45) is 7.72. The van der Waals surface area contributed by atoms with Crippen molar-refractivity contribution in [2.45, 2.75) is 53.9 Å². The van der Waals surface area contributed by atoms with Gasteiger partial charge in [0.1, 0.15) is 0 Å². The monoisotopic (exact) mass is 289 g/mol. The third-order valence-corrected chi connectivity index (χ3v) is 4.31. The third-order valence-electron chi connectivity index (χ3n) is 3.49. The lowest BCUT2D eigenvalue weighted by Crippen LogP contribution is -2.13. The van der Waals surface area contributed by atoms with Gasteiger partial charge in [-0.25, -0.2) is 4.40 Å². The highest BCUT2D eigenvalue weighted by molar-refractivity contribution is 7.98. The van der Waals surface area contributed by atoms with E-state index in [4.69, 9.17) is 4.40 Å². The molecule has 1 nitrogen and oxygen atoms in total. The van der Waals surface area contributed by atoms with E-state index < -0.39 is 0 Å². The van der Waals surface area contributed by atoms with Gasteiger partial charge in [0.25, 0.3) is 0 Å². The first-order valence-electron chi connectivity index (χ1n) is 7.41. The van der Waals surface area contributed by atoms with Crippen molar-refractivity contribution in [3.8, 4) is 0 Å². The Kier molecular flexibility index (Phi) is 7.08. The largest absolute Gasteiger partial charge is 0.221 e. The van der Waals surface area contributed by atoms with Crippen molar-refractivity contribution in [3.63, 3.8) is 0 Å². The molecular formula is C18H27NS. The molecule has 0 aromatic heterocycles. The van der Waals surface area contributed by atoms with Gasteiger partial charge in [-0.1, -0.05) is 43.2 Å². The highest BCUT2D eigenvalue weighted by atomic mass is 32.2. The van der Waals surface area contributed by atoms with Crippen LogP contribution in [-0.4, -0.2) is 11.5 Å². The van der Waals surface area contributed by atoms with E-state index >= 15 is 0 Å². The number of unbranched alkanes of at least 4 members (excludes halogenated alkanes) is 1. The molecule has 1 aliphatic rings. The number of allylic oxidation sites excluding steroid dienone is 7. The molecule has 1 aliphatic carbocycles. The quantitative estimate of drug-likeness (QED) is 0.427. The molecule has 0 aromatic rings. The average molecular weight is 289 g/mol. The van der Waals surface area contributed by atoms with Crippen LogP contribution < -0.4 is 0 Å². The molecule has 0 bridgehead atoms. The Morgan fingerprint density at radius 1 is 1.40 bits per heavy atom. The summed E-state index contributed by atoms with van der Waals surface area (Å²) in [5.41, 5.74) is 7.63. The maximum atomic E-state index is 4.76. The van der Waals surface area contributed by atoms with E-state index in [9.17, 15) is 0 Å². The van der Waals surface area contributed by atoms with Gasteiger partial charge in [-0.3, -0.25) is 0 Å². The van der Waals surface area contributed by atoms with E-state index in [2.05, 4.69) is 53.3 Å². The fraction of sp³-hybridized carbons (Fsp3) is 0.500. The zero-order valence-corrected chi connectivity index (χ0v) is 14.4. The smallest absolute Gasteiger partial charge is 0.0562 e. The lowest BCUT2D eigenvalue weighted by atomic mass is 9.82. The average Bonchev–Trinajstić information content (AvgIpc) is 2.39. The Balaban J connectivity index is 3.09. The van der Waals surface area contributed by atoms with Crippen molar-refractivity contribution < 1.29 is 0 Å². The van der Waals surface area contributed by atoms with Crippen LogP contribution in [0.4, 0.5) is 0 Å². The summed E-state index contributed by atoms with van der Waals surface area (Å²) in [6, 6.07) is 0. The van der Waals surface area contributed by atoms with Gasteiger partial charge in [0.15, 0.2) is 0 Å².